The molecule has 0 unspecified atom stereocenters. The fourth-order valence-corrected chi connectivity index (χ4v) is 4.03. The van der Waals surface area contributed by atoms with Crippen LogP contribution in [0.4, 0.5) is 0 Å². The van der Waals surface area contributed by atoms with E-state index in [1.54, 1.807) is 17.0 Å². The third kappa shape index (κ3) is 3.96. The van der Waals surface area contributed by atoms with Crippen molar-refractivity contribution < 1.29 is 14.3 Å². The number of aromatic nitrogens is 4. The number of nitrogens with zero attached hydrogens (tertiary/aromatic N) is 5. The van der Waals surface area contributed by atoms with Gasteiger partial charge in [0, 0.05) is 23.8 Å². The van der Waals surface area contributed by atoms with E-state index >= 15 is 0 Å². The summed E-state index contributed by atoms with van der Waals surface area (Å²) in [6, 6.07) is 13.2. The van der Waals surface area contributed by atoms with Gasteiger partial charge in [-0.2, -0.15) is 5.10 Å². The molecule has 1 aromatic carbocycles. The lowest BCUT2D eigenvalue weighted by molar-refractivity contribution is 0.0956. The summed E-state index contributed by atoms with van der Waals surface area (Å²) in [7, 11) is 0. The molecular weight excluding hydrogens is 430 g/mol. The minimum atomic E-state index is -0.186. The van der Waals surface area contributed by atoms with E-state index in [4.69, 9.17) is 14.5 Å². The van der Waals surface area contributed by atoms with Crippen LogP contribution in [0.2, 0.25) is 0 Å². The fourth-order valence-electron chi connectivity index (χ4n) is 4.03. The predicted molar refractivity (Wildman–Crippen MR) is 129 cm³/mol. The van der Waals surface area contributed by atoms with Crippen LogP contribution in [0.15, 0.2) is 59.9 Å². The summed E-state index contributed by atoms with van der Waals surface area (Å²) in [5.74, 6) is 1.19. The van der Waals surface area contributed by atoms with Crippen molar-refractivity contribution in [2.75, 3.05) is 13.2 Å². The van der Waals surface area contributed by atoms with Crippen molar-refractivity contribution in [2.24, 2.45) is 4.99 Å². The van der Waals surface area contributed by atoms with Crippen LogP contribution in [0, 0.1) is 0 Å². The third-order valence-corrected chi connectivity index (χ3v) is 5.57. The maximum Gasteiger partial charge on any atom is 0.264 e. The topological polar surface area (TPSA) is 83.5 Å². The number of carbonyl (C=O) groups excluding carboxylic acids is 1. The maximum absolute atomic E-state index is 13.9. The number of carbonyl (C=O) groups is 1. The van der Waals surface area contributed by atoms with Crippen LogP contribution in [0.5, 0.6) is 11.5 Å². The summed E-state index contributed by atoms with van der Waals surface area (Å²) < 4.78 is 14.8. The first-order chi connectivity index (χ1) is 16.4. The Bertz CT molecular complexity index is 1450. The highest BCUT2D eigenvalue weighted by molar-refractivity contribution is 6.07. The van der Waals surface area contributed by atoms with Crippen LogP contribution in [0.3, 0.4) is 0 Å². The summed E-state index contributed by atoms with van der Waals surface area (Å²) in [5, 5.41) is 5.23. The lowest BCUT2D eigenvalue weighted by Crippen LogP contribution is -2.28. The number of benzene rings is 1. The number of ether oxygens (including phenoxy) is 2. The summed E-state index contributed by atoms with van der Waals surface area (Å²) in [6.45, 7) is 9.08. The maximum atomic E-state index is 13.9. The second-order valence-corrected chi connectivity index (χ2v) is 8.79. The summed E-state index contributed by atoms with van der Waals surface area (Å²) in [4.78, 5) is 23.4. The molecule has 34 heavy (non-hydrogen) atoms. The minimum absolute atomic E-state index is 0.0517. The molecule has 0 saturated heterocycles. The molecule has 3 aromatic heterocycles. The molecule has 0 amide bonds. The zero-order valence-electron chi connectivity index (χ0n) is 19.7. The van der Waals surface area contributed by atoms with E-state index in [9.17, 15) is 4.79 Å². The van der Waals surface area contributed by atoms with Gasteiger partial charge in [-0.3, -0.25) is 14.4 Å². The second-order valence-electron chi connectivity index (χ2n) is 8.79. The van der Waals surface area contributed by atoms with Crippen LogP contribution < -0.4 is 15.0 Å². The molecule has 0 aliphatic carbocycles. The highest BCUT2D eigenvalue weighted by Crippen LogP contribution is 2.35. The van der Waals surface area contributed by atoms with Crippen molar-refractivity contribution in [3.63, 3.8) is 0 Å². The molecular formula is C26H27N5O3. The number of pyridine rings is 2. The van der Waals surface area contributed by atoms with Crippen molar-refractivity contribution in [1.82, 2.24) is 19.3 Å². The average molecular weight is 458 g/mol. The standard InChI is InChI=1S/C26H27N5O3/c1-16(2)28-24-7-5-6-10-30(24)26(32)19-14-21(29-25-20(19)15-27-31(25)17(3)4)18-8-9-22-23(13-18)34-12-11-33-22/h5-10,13-17H,11-12H2,1-4H3. The van der Waals surface area contributed by atoms with Gasteiger partial charge in [-0.25, -0.2) is 9.67 Å². The van der Waals surface area contributed by atoms with Crippen LogP contribution in [0.1, 0.15) is 44.1 Å². The fraction of sp³-hybridized carbons (Fsp3) is 0.308. The van der Waals surface area contributed by atoms with E-state index in [0.29, 0.717) is 52.5 Å². The lowest BCUT2D eigenvalue weighted by Gasteiger charge is -2.19. The van der Waals surface area contributed by atoms with E-state index in [-0.39, 0.29) is 18.0 Å². The van der Waals surface area contributed by atoms with E-state index in [0.717, 1.165) is 5.56 Å². The van der Waals surface area contributed by atoms with E-state index < -0.39 is 0 Å². The highest BCUT2D eigenvalue weighted by Gasteiger charge is 2.21. The first-order valence-electron chi connectivity index (χ1n) is 11.5. The normalized spacial score (nSPS) is 13.8. The predicted octanol–water partition coefficient (Wildman–Crippen LogP) is 4.25. The van der Waals surface area contributed by atoms with Crippen molar-refractivity contribution >= 4 is 16.9 Å². The number of hydrogen-bond acceptors (Lipinski definition) is 6. The molecule has 0 saturated carbocycles. The largest absolute Gasteiger partial charge is 0.486 e. The molecule has 0 fully saturated rings. The van der Waals surface area contributed by atoms with Gasteiger partial charge in [0.1, 0.15) is 18.7 Å². The highest BCUT2D eigenvalue weighted by atomic mass is 16.6. The first kappa shape index (κ1) is 21.9. The van der Waals surface area contributed by atoms with Gasteiger partial charge in [-0.05, 0) is 64.1 Å². The Morgan fingerprint density at radius 2 is 1.82 bits per heavy atom. The Kier molecular flexibility index (Phi) is 5.65. The van der Waals surface area contributed by atoms with Crippen LogP contribution in [-0.4, -0.2) is 44.5 Å². The Labute approximate surface area is 197 Å². The van der Waals surface area contributed by atoms with E-state index in [1.807, 2.05) is 74.8 Å². The van der Waals surface area contributed by atoms with Gasteiger partial charge < -0.3 is 9.47 Å². The summed E-state index contributed by atoms with van der Waals surface area (Å²) in [5.41, 5.74) is 3.27. The Hall–Kier alpha value is -3.94. The van der Waals surface area contributed by atoms with Crippen molar-refractivity contribution in [3.8, 4) is 22.8 Å². The molecule has 0 bridgehead atoms. The molecule has 5 rings (SSSR count). The molecule has 0 spiro atoms. The zero-order valence-corrected chi connectivity index (χ0v) is 19.7. The monoisotopic (exact) mass is 457 g/mol. The van der Waals surface area contributed by atoms with E-state index in [2.05, 4.69) is 10.1 Å². The smallest absolute Gasteiger partial charge is 0.264 e. The van der Waals surface area contributed by atoms with Crippen LogP contribution in [0.25, 0.3) is 22.3 Å². The van der Waals surface area contributed by atoms with Gasteiger partial charge in [0.05, 0.1) is 22.8 Å². The number of rotatable bonds is 4. The van der Waals surface area contributed by atoms with Gasteiger partial charge in [-0.15, -0.1) is 0 Å². The lowest BCUT2D eigenvalue weighted by atomic mass is 10.1. The second kappa shape index (κ2) is 8.78. The summed E-state index contributed by atoms with van der Waals surface area (Å²) in [6.07, 6.45) is 3.46. The third-order valence-electron chi connectivity index (χ3n) is 5.57. The minimum Gasteiger partial charge on any atom is -0.486 e. The van der Waals surface area contributed by atoms with E-state index in [1.165, 1.54) is 0 Å². The van der Waals surface area contributed by atoms with Gasteiger partial charge in [0.15, 0.2) is 17.1 Å². The van der Waals surface area contributed by atoms with Crippen LogP contribution >= 0.6 is 0 Å². The van der Waals surface area contributed by atoms with Crippen LogP contribution in [-0.2, 0) is 0 Å². The molecule has 1 aliphatic heterocycles. The molecule has 8 heteroatoms. The zero-order chi connectivity index (χ0) is 23.8. The van der Waals surface area contributed by atoms with Gasteiger partial charge in [-0.1, -0.05) is 6.07 Å². The molecule has 0 N–H and O–H groups in total. The Balaban J connectivity index is 1.72. The molecule has 0 atom stereocenters. The molecule has 4 aromatic rings. The van der Waals surface area contributed by atoms with Crippen molar-refractivity contribution in [3.05, 3.63) is 65.9 Å². The molecule has 174 valence electrons. The Morgan fingerprint density at radius 1 is 1.03 bits per heavy atom. The van der Waals surface area contributed by atoms with Crippen molar-refractivity contribution in [1.29, 1.82) is 0 Å². The molecule has 0 radical (unpaired) electrons. The van der Waals surface area contributed by atoms with Gasteiger partial charge in [0.2, 0.25) is 0 Å². The quantitative estimate of drug-likeness (QED) is 0.458. The SMILES string of the molecule is CC(C)N=c1ccccn1C(=O)c1cc(-c2ccc3c(c2)OCCO3)nc2c1cnn2C(C)C. The first-order valence-corrected chi connectivity index (χ1v) is 11.5. The Morgan fingerprint density at radius 3 is 2.59 bits per heavy atom. The number of hydrogen-bond donors (Lipinski definition) is 0. The van der Waals surface area contributed by atoms with Crippen molar-refractivity contribution in [2.45, 2.75) is 39.8 Å². The molecule has 4 heterocycles. The molecule has 8 nitrogen and oxygen atoms in total. The van der Waals surface area contributed by atoms with Gasteiger partial charge in [0.25, 0.3) is 5.91 Å². The van der Waals surface area contributed by atoms with Gasteiger partial charge >= 0.3 is 0 Å². The number of fused-ring (bicyclic) bond motifs is 2. The average Bonchev–Trinajstić information content (AvgIpc) is 3.27. The molecule has 1 aliphatic rings. The summed E-state index contributed by atoms with van der Waals surface area (Å²) >= 11 is 0.